The number of aliphatic hydroxyl groups excluding tert-OH is 1. The van der Waals surface area contributed by atoms with Gasteiger partial charge in [0.2, 0.25) is 0 Å². The quantitative estimate of drug-likeness (QED) is 0.647. The summed E-state index contributed by atoms with van der Waals surface area (Å²) in [5.41, 5.74) is 9.15. The average Bonchev–Trinajstić information content (AvgIpc) is 2.15. The smallest absolute Gasteiger partial charge is 0.124 e. The van der Waals surface area contributed by atoms with Gasteiger partial charge in [0.1, 0.15) is 18.5 Å². The second kappa shape index (κ2) is 3.26. The van der Waals surface area contributed by atoms with E-state index in [2.05, 4.69) is 0 Å². The highest BCUT2D eigenvalue weighted by atomic mass is 16.5. The van der Waals surface area contributed by atoms with Gasteiger partial charge in [-0.15, -0.1) is 0 Å². The van der Waals surface area contributed by atoms with Crippen LogP contribution in [-0.2, 0) is 0 Å². The summed E-state index contributed by atoms with van der Waals surface area (Å²) >= 11 is 0. The van der Waals surface area contributed by atoms with Gasteiger partial charge in [-0.25, -0.2) is 0 Å². The number of rotatable bonds is 0. The van der Waals surface area contributed by atoms with E-state index in [0.29, 0.717) is 0 Å². The Morgan fingerprint density at radius 1 is 1.36 bits per heavy atom. The van der Waals surface area contributed by atoms with Crippen LogP contribution in [0.3, 0.4) is 0 Å². The Kier molecular flexibility index (Phi) is 2.21. The van der Waals surface area contributed by atoms with Crippen LogP contribution in [0.5, 0.6) is 5.75 Å². The van der Waals surface area contributed by atoms with Crippen LogP contribution in [0.15, 0.2) is 12.1 Å². The van der Waals surface area contributed by atoms with Crippen LogP contribution in [0, 0.1) is 13.8 Å². The van der Waals surface area contributed by atoms with Crippen molar-refractivity contribution in [1.82, 2.24) is 0 Å². The van der Waals surface area contributed by atoms with E-state index in [-0.39, 0.29) is 12.6 Å². The Balaban J connectivity index is 2.50. The molecule has 1 aliphatic heterocycles. The second-order valence-corrected chi connectivity index (χ2v) is 3.88. The molecular weight excluding hydrogens is 178 g/mol. The number of hydrogen-bond donors (Lipinski definition) is 2. The van der Waals surface area contributed by atoms with E-state index < -0.39 is 6.10 Å². The average molecular weight is 193 g/mol. The third-order valence-electron chi connectivity index (χ3n) is 2.81. The number of fused-ring (bicyclic) bond motifs is 1. The zero-order valence-corrected chi connectivity index (χ0v) is 8.45. The number of aryl methyl sites for hydroxylation is 2. The fourth-order valence-electron chi connectivity index (χ4n) is 1.68. The minimum absolute atomic E-state index is 0.288. The number of benzene rings is 1. The molecule has 1 heterocycles. The van der Waals surface area contributed by atoms with E-state index in [1.807, 2.05) is 26.0 Å². The molecule has 1 aliphatic rings. The second-order valence-electron chi connectivity index (χ2n) is 3.88. The first kappa shape index (κ1) is 9.49. The van der Waals surface area contributed by atoms with E-state index in [9.17, 15) is 5.11 Å². The normalized spacial score (nSPS) is 25.4. The maximum absolute atomic E-state index is 9.53. The standard InChI is InChI=1S/C11H15NO2/c1-6-3-8-10(4-7(6)2)14-5-9(13)11(8)12/h3-4,9,11,13H,5,12H2,1-2H3. The summed E-state index contributed by atoms with van der Waals surface area (Å²) in [4.78, 5) is 0. The van der Waals surface area contributed by atoms with Crippen molar-refractivity contribution < 1.29 is 9.84 Å². The Morgan fingerprint density at radius 3 is 2.71 bits per heavy atom. The molecule has 0 saturated heterocycles. The molecule has 3 nitrogen and oxygen atoms in total. The minimum atomic E-state index is -0.593. The number of hydrogen-bond acceptors (Lipinski definition) is 3. The van der Waals surface area contributed by atoms with Crippen LogP contribution in [0.25, 0.3) is 0 Å². The lowest BCUT2D eigenvalue weighted by Crippen LogP contribution is -2.35. The molecule has 2 atom stereocenters. The predicted molar refractivity (Wildman–Crippen MR) is 54.3 cm³/mol. The largest absolute Gasteiger partial charge is 0.490 e. The molecule has 76 valence electrons. The van der Waals surface area contributed by atoms with Gasteiger partial charge in [-0.1, -0.05) is 6.07 Å². The topological polar surface area (TPSA) is 55.5 Å². The first-order valence-electron chi connectivity index (χ1n) is 4.77. The Hall–Kier alpha value is -1.06. The van der Waals surface area contributed by atoms with Gasteiger partial charge in [0.25, 0.3) is 0 Å². The van der Waals surface area contributed by atoms with Crippen LogP contribution >= 0.6 is 0 Å². The Labute approximate surface area is 83.5 Å². The molecule has 0 amide bonds. The van der Waals surface area contributed by atoms with Crippen LogP contribution in [0.4, 0.5) is 0 Å². The van der Waals surface area contributed by atoms with Crippen molar-refractivity contribution in [2.45, 2.75) is 26.0 Å². The summed E-state index contributed by atoms with van der Waals surface area (Å²) in [5, 5.41) is 9.53. The van der Waals surface area contributed by atoms with Crippen LogP contribution in [-0.4, -0.2) is 17.8 Å². The van der Waals surface area contributed by atoms with E-state index >= 15 is 0 Å². The van der Waals surface area contributed by atoms with Crippen molar-refractivity contribution >= 4 is 0 Å². The lowest BCUT2D eigenvalue weighted by Gasteiger charge is -2.28. The van der Waals surface area contributed by atoms with Gasteiger partial charge >= 0.3 is 0 Å². The van der Waals surface area contributed by atoms with Gasteiger partial charge in [0.05, 0.1) is 6.04 Å². The molecule has 1 aromatic carbocycles. The first-order valence-corrected chi connectivity index (χ1v) is 4.77. The van der Waals surface area contributed by atoms with E-state index in [0.717, 1.165) is 11.3 Å². The summed E-state index contributed by atoms with van der Waals surface area (Å²) in [6, 6.07) is 3.66. The minimum Gasteiger partial charge on any atom is -0.490 e. The SMILES string of the molecule is Cc1cc2c(cc1C)C(N)C(O)CO2. The molecular formula is C11H15NO2. The van der Waals surface area contributed by atoms with Crippen molar-refractivity contribution in [1.29, 1.82) is 0 Å². The molecule has 0 radical (unpaired) electrons. The summed E-state index contributed by atoms with van der Waals surface area (Å²) in [6.07, 6.45) is -0.593. The zero-order valence-electron chi connectivity index (χ0n) is 8.45. The maximum Gasteiger partial charge on any atom is 0.124 e. The van der Waals surface area contributed by atoms with Crippen molar-refractivity contribution in [3.8, 4) is 5.75 Å². The van der Waals surface area contributed by atoms with Gasteiger partial charge in [0, 0.05) is 5.56 Å². The van der Waals surface area contributed by atoms with Gasteiger partial charge in [-0.2, -0.15) is 0 Å². The van der Waals surface area contributed by atoms with Crippen molar-refractivity contribution in [3.05, 3.63) is 28.8 Å². The predicted octanol–water partition coefficient (Wildman–Crippen LogP) is 1.06. The maximum atomic E-state index is 9.53. The van der Waals surface area contributed by atoms with Crippen molar-refractivity contribution in [2.24, 2.45) is 5.73 Å². The van der Waals surface area contributed by atoms with E-state index in [1.165, 1.54) is 11.1 Å². The molecule has 2 unspecified atom stereocenters. The molecule has 0 aromatic heterocycles. The van der Waals surface area contributed by atoms with Gasteiger partial charge < -0.3 is 15.6 Å². The van der Waals surface area contributed by atoms with Gasteiger partial charge in [-0.3, -0.25) is 0 Å². The zero-order chi connectivity index (χ0) is 10.3. The van der Waals surface area contributed by atoms with Gasteiger partial charge in [0.15, 0.2) is 0 Å². The highest BCUT2D eigenvalue weighted by molar-refractivity contribution is 5.44. The first-order chi connectivity index (χ1) is 6.59. The van der Waals surface area contributed by atoms with Crippen molar-refractivity contribution in [3.63, 3.8) is 0 Å². The molecule has 3 N–H and O–H groups in total. The van der Waals surface area contributed by atoms with Crippen molar-refractivity contribution in [2.75, 3.05) is 6.61 Å². The molecule has 1 aromatic rings. The van der Waals surface area contributed by atoms with E-state index in [1.54, 1.807) is 0 Å². The number of aliphatic hydroxyl groups is 1. The molecule has 2 rings (SSSR count). The highest BCUT2D eigenvalue weighted by Crippen LogP contribution is 2.32. The molecule has 0 aliphatic carbocycles. The fourth-order valence-corrected chi connectivity index (χ4v) is 1.68. The molecule has 0 fully saturated rings. The van der Waals surface area contributed by atoms with Crippen LogP contribution in [0.1, 0.15) is 22.7 Å². The third-order valence-corrected chi connectivity index (χ3v) is 2.81. The highest BCUT2D eigenvalue weighted by Gasteiger charge is 2.26. The molecule has 0 saturated carbocycles. The third kappa shape index (κ3) is 1.38. The molecule has 0 spiro atoms. The molecule has 14 heavy (non-hydrogen) atoms. The van der Waals surface area contributed by atoms with Crippen LogP contribution < -0.4 is 10.5 Å². The van der Waals surface area contributed by atoms with Crippen LogP contribution in [0.2, 0.25) is 0 Å². The number of nitrogens with two attached hydrogens (primary N) is 1. The van der Waals surface area contributed by atoms with Gasteiger partial charge in [-0.05, 0) is 31.0 Å². The summed E-state index contributed by atoms with van der Waals surface area (Å²) in [5.74, 6) is 0.811. The number of ether oxygens (including phenoxy) is 1. The van der Waals surface area contributed by atoms with E-state index in [4.69, 9.17) is 10.5 Å². The molecule has 0 bridgehead atoms. The summed E-state index contributed by atoms with van der Waals surface area (Å²) < 4.78 is 5.41. The summed E-state index contributed by atoms with van der Waals surface area (Å²) in [7, 11) is 0. The molecule has 3 heteroatoms. The summed E-state index contributed by atoms with van der Waals surface area (Å²) in [6.45, 7) is 4.36. The Bertz CT molecular complexity index is 363. The fraction of sp³-hybridized carbons (Fsp3) is 0.455. The monoisotopic (exact) mass is 193 g/mol. The Morgan fingerprint density at radius 2 is 2.00 bits per heavy atom. The lowest BCUT2D eigenvalue weighted by molar-refractivity contribution is 0.0678. The lowest BCUT2D eigenvalue weighted by atomic mass is 9.95.